The molecule has 1 aromatic rings. The van der Waals surface area contributed by atoms with Crippen LogP contribution in [-0.2, 0) is 11.2 Å². The Balaban J connectivity index is 3.05. The van der Waals surface area contributed by atoms with Gasteiger partial charge in [-0.2, -0.15) is 0 Å². The van der Waals surface area contributed by atoms with Gasteiger partial charge in [-0.15, -0.1) is 0 Å². The highest BCUT2D eigenvalue weighted by atomic mass is 79.9. The highest BCUT2D eigenvalue weighted by Gasteiger charge is 2.11. The van der Waals surface area contributed by atoms with Crippen LogP contribution in [0.5, 0.6) is 5.75 Å². The smallest absolute Gasteiger partial charge is 0.337 e. The first-order valence-electron chi connectivity index (χ1n) is 4.97. The summed E-state index contributed by atoms with van der Waals surface area (Å²) in [5.74, 6) is 0.463. The van der Waals surface area contributed by atoms with Crippen molar-refractivity contribution in [2.24, 2.45) is 0 Å². The molecule has 0 fully saturated rings. The summed E-state index contributed by atoms with van der Waals surface area (Å²) >= 11 is 3.48. The van der Waals surface area contributed by atoms with Crippen LogP contribution < -0.4 is 4.74 Å². The Bertz CT molecular complexity index is 375. The molecule has 0 radical (unpaired) electrons. The van der Waals surface area contributed by atoms with Crippen LogP contribution in [0.25, 0.3) is 0 Å². The van der Waals surface area contributed by atoms with Gasteiger partial charge in [0.05, 0.1) is 19.8 Å². The number of halogens is 1. The molecule has 0 saturated carbocycles. The van der Waals surface area contributed by atoms with E-state index < -0.39 is 0 Å². The molecule has 16 heavy (non-hydrogen) atoms. The fraction of sp³-hybridized carbons (Fsp3) is 0.417. The van der Waals surface area contributed by atoms with Crippen LogP contribution in [0.2, 0.25) is 0 Å². The second-order valence-corrected chi connectivity index (χ2v) is 5.07. The largest absolute Gasteiger partial charge is 0.496 e. The SMILES string of the molecule is COC(=O)c1ccc(OC)c(CC(C)Br)c1. The van der Waals surface area contributed by atoms with Gasteiger partial charge in [0.2, 0.25) is 0 Å². The van der Waals surface area contributed by atoms with Gasteiger partial charge in [0.15, 0.2) is 0 Å². The van der Waals surface area contributed by atoms with Crippen LogP contribution in [-0.4, -0.2) is 25.0 Å². The minimum absolute atomic E-state index is 0.328. The average molecular weight is 287 g/mol. The number of benzene rings is 1. The van der Waals surface area contributed by atoms with Crippen LogP contribution in [0, 0.1) is 0 Å². The molecular formula is C12H15BrO3. The molecule has 1 rings (SSSR count). The molecule has 0 spiro atoms. The van der Waals surface area contributed by atoms with E-state index >= 15 is 0 Å². The van der Waals surface area contributed by atoms with Crippen LogP contribution in [0.4, 0.5) is 0 Å². The molecular weight excluding hydrogens is 272 g/mol. The molecule has 1 unspecified atom stereocenters. The zero-order chi connectivity index (χ0) is 12.1. The molecule has 0 aliphatic rings. The number of carbonyl (C=O) groups is 1. The highest BCUT2D eigenvalue weighted by Crippen LogP contribution is 2.23. The maximum absolute atomic E-state index is 11.4. The normalized spacial score (nSPS) is 12.0. The number of ether oxygens (including phenoxy) is 2. The Morgan fingerprint density at radius 1 is 1.44 bits per heavy atom. The maximum atomic E-state index is 11.4. The quantitative estimate of drug-likeness (QED) is 0.631. The third kappa shape index (κ3) is 3.23. The van der Waals surface area contributed by atoms with Crippen molar-refractivity contribution in [3.63, 3.8) is 0 Å². The molecule has 0 aliphatic heterocycles. The summed E-state index contributed by atoms with van der Waals surface area (Å²) in [4.78, 5) is 11.7. The number of alkyl halides is 1. The average Bonchev–Trinajstić information content (AvgIpc) is 2.27. The van der Waals surface area contributed by atoms with Crippen molar-refractivity contribution in [1.29, 1.82) is 0 Å². The summed E-state index contributed by atoms with van der Waals surface area (Å²) in [6.45, 7) is 2.05. The van der Waals surface area contributed by atoms with Gasteiger partial charge in [-0.25, -0.2) is 4.79 Å². The van der Waals surface area contributed by atoms with E-state index in [9.17, 15) is 4.79 Å². The van der Waals surface area contributed by atoms with Gasteiger partial charge < -0.3 is 9.47 Å². The molecule has 3 nitrogen and oxygen atoms in total. The van der Waals surface area contributed by atoms with Crippen LogP contribution in [0.15, 0.2) is 18.2 Å². The number of methoxy groups -OCH3 is 2. The summed E-state index contributed by atoms with van der Waals surface area (Å²) in [5, 5.41) is 0. The summed E-state index contributed by atoms with van der Waals surface area (Å²) in [7, 11) is 2.99. The molecule has 88 valence electrons. The second-order valence-electron chi connectivity index (χ2n) is 3.50. The molecule has 0 bridgehead atoms. The number of rotatable bonds is 4. The van der Waals surface area contributed by atoms with Gasteiger partial charge in [0.1, 0.15) is 5.75 Å². The zero-order valence-electron chi connectivity index (χ0n) is 9.62. The van der Waals surface area contributed by atoms with E-state index in [-0.39, 0.29) is 5.97 Å². The van der Waals surface area contributed by atoms with Crippen LogP contribution in [0.1, 0.15) is 22.8 Å². The van der Waals surface area contributed by atoms with E-state index in [2.05, 4.69) is 20.7 Å². The predicted molar refractivity (Wildman–Crippen MR) is 66.4 cm³/mol. The maximum Gasteiger partial charge on any atom is 0.337 e. The van der Waals surface area contributed by atoms with E-state index in [4.69, 9.17) is 4.74 Å². The Labute approximate surface area is 104 Å². The number of esters is 1. The fourth-order valence-corrected chi connectivity index (χ4v) is 1.83. The van der Waals surface area contributed by atoms with Gasteiger partial charge in [0.25, 0.3) is 0 Å². The molecule has 4 heteroatoms. The molecule has 1 aromatic carbocycles. The monoisotopic (exact) mass is 286 g/mol. The summed E-state index contributed by atoms with van der Waals surface area (Å²) in [6.07, 6.45) is 0.800. The van der Waals surface area contributed by atoms with Crippen LogP contribution in [0.3, 0.4) is 0 Å². The number of hydrogen-bond acceptors (Lipinski definition) is 3. The lowest BCUT2D eigenvalue weighted by Gasteiger charge is -2.11. The molecule has 1 atom stereocenters. The topological polar surface area (TPSA) is 35.5 Å². The fourth-order valence-electron chi connectivity index (χ4n) is 1.49. The first-order valence-corrected chi connectivity index (χ1v) is 5.89. The molecule has 0 heterocycles. The third-order valence-corrected chi connectivity index (χ3v) is 2.53. The Hall–Kier alpha value is -1.03. The molecule has 0 N–H and O–H groups in total. The lowest BCUT2D eigenvalue weighted by molar-refractivity contribution is 0.0600. The Morgan fingerprint density at radius 3 is 2.62 bits per heavy atom. The predicted octanol–water partition coefficient (Wildman–Crippen LogP) is 2.81. The first-order chi connectivity index (χ1) is 7.58. The molecule has 0 aromatic heterocycles. The Kier molecular flexibility index (Phi) is 4.80. The van der Waals surface area contributed by atoms with Crippen molar-refractivity contribution >= 4 is 21.9 Å². The van der Waals surface area contributed by atoms with E-state index in [1.807, 2.05) is 13.0 Å². The van der Waals surface area contributed by atoms with Gasteiger partial charge in [-0.1, -0.05) is 22.9 Å². The Morgan fingerprint density at radius 2 is 2.12 bits per heavy atom. The standard InChI is InChI=1S/C12H15BrO3/c1-8(13)6-10-7-9(12(14)16-3)4-5-11(10)15-2/h4-5,7-8H,6H2,1-3H3. The summed E-state index contributed by atoms with van der Waals surface area (Å²) in [5.41, 5.74) is 1.54. The number of hydrogen-bond donors (Lipinski definition) is 0. The lowest BCUT2D eigenvalue weighted by atomic mass is 10.1. The van der Waals surface area contributed by atoms with Crippen molar-refractivity contribution in [3.8, 4) is 5.75 Å². The van der Waals surface area contributed by atoms with Crippen molar-refractivity contribution < 1.29 is 14.3 Å². The van der Waals surface area contributed by atoms with Gasteiger partial charge >= 0.3 is 5.97 Å². The third-order valence-electron chi connectivity index (χ3n) is 2.20. The molecule has 0 amide bonds. The zero-order valence-corrected chi connectivity index (χ0v) is 11.2. The minimum atomic E-state index is -0.328. The van der Waals surface area contributed by atoms with E-state index in [1.54, 1.807) is 19.2 Å². The number of carbonyl (C=O) groups excluding carboxylic acids is 1. The van der Waals surface area contributed by atoms with Crippen molar-refractivity contribution in [3.05, 3.63) is 29.3 Å². The first kappa shape index (κ1) is 13.0. The molecule has 0 aliphatic carbocycles. The van der Waals surface area contributed by atoms with Crippen molar-refractivity contribution in [2.45, 2.75) is 18.2 Å². The van der Waals surface area contributed by atoms with E-state index in [0.29, 0.717) is 10.4 Å². The highest BCUT2D eigenvalue weighted by molar-refractivity contribution is 9.09. The van der Waals surface area contributed by atoms with E-state index in [1.165, 1.54) is 7.11 Å². The molecule has 0 saturated heterocycles. The summed E-state index contributed by atoms with van der Waals surface area (Å²) < 4.78 is 9.92. The van der Waals surface area contributed by atoms with E-state index in [0.717, 1.165) is 17.7 Å². The van der Waals surface area contributed by atoms with Crippen molar-refractivity contribution in [2.75, 3.05) is 14.2 Å². The van der Waals surface area contributed by atoms with Crippen LogP contribution >= 0.6 is 15.9 Å². The van der Waals surface area contributed by atoms with Gasteiger partial charge in [-0.05, 0) is 30.2 Å². The van der Waals surface area contributed by atoms with Gasteiger partial charge in [0, 0.05) is 4.83 Å². The van der Waals surface area contributed by atoms with Gasteiger partial charge in [-0.3, -0.25) is 0 Å². The summed E-state index contributed by atoms with van der Waals surface area (Å²) in [6, 6.07) is 5.30. The van der Waals surface area contributed by atoms with Crippen molar-refractivity contribution in [1.82, 2.24) is 0 Å². The lowest BCUT2D eigenvalue weighted by Crippen LogP contribution is -2.05. The second kappa shape index (κ2) is 5.89. The minimum Gasteiger partial charge on any atom is -0.496 e.